The third kappa shape index (κ3) is 5.24. The second kappa shape index (κ2) is 9.22. The predicted octanol–water partition coefficient (Wildman–Crippen LogP) is 2.57. The lowest BCUT2D eigenvalue weighted by molar-refractivity contribution is -0.121. The largest absolute Gasteiger partial charge is 0.350 e. The van der Waals surface area contributed by atoms with Crippen LogP contribution < -0.4 is 10.9 Å². The fraction of sp³-hybridized carbons (Fsp3) is 0.292. The van der Waals surface area contributed by atoms with E-state index in [2.05, 4.69) is 46.4 Å². The highest BCUT2D eigenvalue weighted by atomic mass is 19.1. The van der Waals surface area contributed by atoms with E-state index in [9.17, 15) is 14.0 Å². The van der Waals surface area contributed by atoms with Gasteiger partial charge in [-0.05, 0) is 30.2 Å². The number of amides is 1. The molecule has 4 rings (SSSR count). The average Bonchev–Trinajstić information content (AvgIpc) is 2.77. The number of benzene rings is 2. The first kappa shape index (κ1) is 20.9. The van der Waals surface area contributed by atoms with Crippen LogP contribution in [0, 0.1) is 12.7 Å². The van der Waals surface area contributed by atoms with Crippen LogP contribution in [0.15, 0.2) is 59.7 Å². The topological polar surface area (TPSA) is 67.2 Å². The van der Waals surface area contributed by atoms with Crippen molar-refractivity contribution in [1.82, 2.24) is 19.8 Å². The monoisotopic (exact) mass is 420 g/mol. The summed E-state index contributed by atoms with van der Waals surface area (Å²) in [6.45, 7) is 4.37. The zero-order valence-corrected chi connectivity index (χ0v) is 17.5. The molecule has 2 heterocycles. The number of nitrogens with one attached hydrogen (secondary N) is 1. The van der Waals surface area contributed by atoms with Crippen molar-refractivity contribution in [2.45, 2.75) is 39.5 Å². The number of carbonyl (C=O) groups excluding carboxylic acids is 1. The van der Waals surface area contributed by atoms with Crippen LogP contribution in [0.25, 0.3) is 0 Å². The Morgan fingerprint density at radius 3 is 2.55 bits per heavy atom. The lowest BCUT2D eigenvalue weighted by atomic mass is 10.1. The third-order valence-corrected chi connectivity index (χ3v) is 5.51. The molecule has 0 bridgehead atoms. The predicted molar refractivity (Wildman–Crippen MR) is 116 cm³/mol. The first-order valence-corrected chi connectivity index (χ1v) is 10.3. The Balaban J connectivity index is 1.40. The Hall–Kier alpha value is -3.32. The summed E-state index contributed by atoms with van der Waals surface area (Å²) in [5.74, 6) is -0.612. The Morgan fingerprint density at radius 1 is 1.10 bits per heavy atom. The van der Waals surface area contributed by atoms with E-state index >= 15 is 0 Å². The van der Waals surface area contributed by atoms with Crippen molar-refractivity contribution in [3.63, 3.8) is 0 Å². The summed E-state index contributed by atoms with van der Waals surface area (Å²) in [6.07, 6.45) is 2.17. The van der Waals surface area contributed by atoms with Crippen molar-refractivity contribution in [3.8, 4) is 0 Å². The van der Waals surface area contributed by atoms with Crippen molar-refractivity contribution >= 4 is 5.91 Å². The molecule has 1 aliphatic rings. The summed E-state index contributed by atoms with van der Waals surface area (Å²) in [4.78, 5) is 32.0. The quantitative estimate of drug-likeness (QED) is 0.666. The number of halogens is 1. The normalized spacial score (nSPS) is 13.6. The summed E-state index contributed by atoms with van der Waals surface area (Å²) in [5.41, 5.74) is 4.52. The second-order valence-corrected chi connectivity index (χ2v) is 7.95. The molecule has 2 aromatic carbocycles. The zero-order valence-electron chi connectivity index (χ0n) is 17.5. The molecule has 3 aromatic rings. The van der Waals surface area contributed by atoms with Crippen LogP contribution in [0.4, 0.5) is 4.39 Å². The SMILES string of the molecule is Cc1ccc(CN2CCc3ncn(CC(=O)NCc4ccc(F)cc4)c(=O)c3C2)cc1. The first-order chi connectivity index (χ1) is 15.0. The lowest BCUT2D eigenvalue weighted by Crippen LogP contribution is -2.39. The Kier molecular flexibility index (Phi) is 6.23. The van der Waals surface area contributed by atoms with E-state index in [4.69, 9.17) is 0 Å². The van der Waals surface area contributed by atoms with Crippen LogP contribution in [0.2, 0.25) is 0 Å². The molecule has 0 radical (unpaired) electrons. The van der Waals surface area contributed by atoms with Crippen molar-refractivity contribution in [2.24, 2.45) is 0 Å². The summed E-state index contributed by atoms with van der Waals surface area (Å²) in [7, 11) is 0. The minimum atomic E-state index is -0.321. The number of aryl methyl sites for hydroxylation is 1. The molecule has 6 nitrogen and oxygen atoms in total. The van der Waals surface area contributed by atoms with Crippen molar-refractivity contribution < 1.29 is 9.18 Å². The van der Waals surface area contributed by atoms with E-state index in [1.165, 1.54) is 34.2 Å². The molecule has 1 aliphatic heterocycles. The minimum Gasteiger partial charge on any atom is -0.350 e. The van der Waals surface area contributed by atoms with Gasteiger partial charge in [-0.25, -0.2) is 9.37 Å². The molecule has 0 fully saturated rings. The van der Waals surface area contributed by atoms with Gasteiger partial charge in [-0.1, -0.05) is 42.0 Å². The number of carbonyl (C=O) groups is 1. The molecule has 0 unspecified atom stereocenters. The van der Waals surface area contributed by atoms with Crippen LogP contribution in [-0.2, 0) is 37.4 Å². The van der Waals surface area contributed by atoms with Crippen LogP contribution in [-0.4, -0.2) is 26.9 Å². The number of rotatable bonds is 6. The van der Waals surface area contributed by atoms with Crippen molar-refractivity contribution in [2.75, 3.05) is 6.54 Å². The fourth-order valence-electron chi connectivity index (χ4n) is 3.72. The highest BCUT2D eigenvalue weighted by Gasteiger charge is 2.22. The highest BCUT2D eigenvalue weighted by molar-refractivity contribution is 5.75. The van der Waals surface area contributed by atoms with Gasteiger partial charge in [-0.15, -0.1) is 0 Å². The number of fused-ring (bicyclic) bond motifs is 1. The number of hydrogen-bond acceptors (Lipinski definition) is 4. The van der Waals surface area contributed by atoms with Gasteiger partial charge in [0.05, 0.1) is 17.6 Å². The van der Waals surface area contributed by atoms with Gasteiger partial charge in [0.2, 0.25) is 5.91 Å². The Labute approximate surface area is 180 Å². The van der Waals surface area contributed by atoms with Gasteiger partial charge in [0.25, 0.3) is 5.56 Å². The summed E-state index contributed by atoms with van der Waals surface area (Å²) in [5, 5.41) is 2.76. The van der Waals surface area contributed by atoms with Gasteiger partial charge in [-0.2, -0.15) is 0 Å². The molecule has 1 N–H and O–H groups in total. The van der Waals surface area contributed by atoms with Gasteiger partial charge in [-0.3, -0.25) is 19.1 Å². The Morgan fingerprint density at radius 2 is 1.81 bits per heavy atom. The van der Waals surface area contributed by atoms with Gasteiger partial charge in [0.15, 0.2) is 0 Å². The number of aromatic nitrogens is 2. The van der Waals surface area contributed by atoms with E-state index in [1.54, 1.807) is 12.1 Å². The van der Waals surface area contributed by atoms with Crippen LogP contribution in [0.3, 0.4) is 0 Å². The van der Waals surface area contributed by atoms with E-state index < -0.39 is 0 Å². The maximum atomic E-state index is 13.0. The summed E-state index contributed by atoms with van der Waals surface area (Å²) in [6, 6.07) is 14.3. The third-order valence-electron chi connectivity index (χ3n) is 5.51. The molecule has 1 aromatic heterocycles. The molecule has 1 amide bonds. The van der Waals surface area contributed by atoms with E-state index in [0.717, 1.165) is 24.3 Å². The minimum absolute atomic E-state index is 0.0989. The average molecular weight is 420 g/mol. The first-order valence-electron chi connectivity index (χ1n) is 10.3. The second-order valence-electron chi connectivity index (χ2n) is 7.95. The number of hydrogen-bond donors (Lipinski definition) is 1. The van der Waals surface area contributed by atoms with Gasteiger partial charge >= 0.3 is 0 Å². The maximum absolute atomic E-state index is 13.0. The van der Waals surface area contributed by atoms with Gasteiger partial charge in [0, 0.05) is 32.6 Å². The smallest absolute Gasteiger partial charge is 0.258 e. The molecule has 160 valence electrons. The number of nitrogens with zero attached hydrogens (tertiary/aromatic N) is 3. The van der Waals surface area contributed by atoms with Gasteiger partial charge in [0.1, 0.15) is 12.4 Å². The molecular formula is C24H25FN4O2. The molecule has 31 heavy (non-hydrogen) atoms. The molecular weight excluding hydrogens is 395 g/mol. The maximum Gasteiger partial charge on any atom is 0.258 e. The molecule has 0 saturated heterocycles. The molecule has 0 spiro atoms. The van der Waals surface area contributed by atoms with Crippen LogP contribution in [0.1, 0.15) is 27.9 Å². The molecule has 7 heteroatoms. The van der Waals surface area contributed by atoms with Crippen molar-refractivity contribution in [3.05, 3.63) is 99.0 Å². The zero-order chi connectivity index (χ0) is 21.8. The molecule has 0 atom stereocenters. The van der Waals surface area contributed by atoms with Crippen LogP contribution in [0.5, 0.6) is 0 Å². The van der Waals surface area contributed by atoms with Gasteiger partial charge < -0.3 is 5.32 Å². The van der Waals surface area contributed by atoms with E-state index in [0.29, 0.717) is 18.5 Å². The molecule has 0 aliphatic carbocycles. The van der Waals surface area contributed by atoms with Crippen molar-refractivity contribution in [1.29, 1.82) is 0 Å². The summed E-state index contributed by atoms with van der Waals surface area (Å²) < 4.78 is 14.3. The Bertz CT molecular complexity index is 1120. The standard InChI is InChI=1S/C24H25FN4O2/c1-17-2-4-19(5-3-17)13-28-11-10-22-21(14-28)24(31)29(16-27-22)15-23(30)26-12-18-6-8-20(25)9-7-18/h2-9,16H,10-15H2,1H3,(H,26,30). The summed E-state index contributed by atoms with van der Waals surface area (Å²) >= 11 is 0. The highest BCUT2D eigenvalue weighted by Crippen LogP contribution is 2.16. The molecule has 0 saturated carbocycles. The van der Waals surface area contributed by atoms with E-state index in [1.807, 2.05) is 0 Å². The lowest BCUT2D eigenvalue weighted by Gasteiger charge is -2.28. The van der Waals surface area contributed by atoms with Crippen LogP contribution >= 0.6 is 0 Å². The fourth-order valence-corrected chi connectivity index (χ4v) is 3.72. The van der Waals surface area contributed by atoms with E-state index in [-0.39, 0.29) is 30.4 Å².